The molecule has 0 atom stereocenters. The summed E-state index contributed by atoms with van der Waals surface area (Å²) < 4.78 is 33.2. The number of esters is 1. The van der Waals surface area contributed by atoms with Gasteiger partial charge in [-0.05, 0) is 37.4 Å². The van der Waals surface area contributed by atoms with Crippen LogP contribution in [0.3, 0.4) is 0 Å². The second kappa shape index (κ2) is 9.33. The van der Waals surface area contributed by atoms with Crippen molar-refractivity contribution >= 4 is 48.6 Å². The van der Waals surface area contributed by atoms with Gasteiger partial charge in [-0.15, -0.1) is 0 Å². The number of carbonyl (C=O) groups is 2. The van der Waals surface area contributed by atoms with Crippen molar-refractivity contribution in [2.45, 2.75) is 4.90 Å². The Morgan fingerprint density at radius 1 is 1.09 bits per heavy atom. The van der Waals surface area contributed by atoms with Gasteiger partial charge in [0.2, 0.25) is 10.0 Å². The number of rotatable bonds is 6. The average molecular weight is 475 g/mol. The van der Waals surface area contributed by atoms with Crippen LogP contribution in [0.5, 0.6) is 0 Å². The number of thiazole rings is 1. The number of piperazine rings is 1. The highest BCUT2D eigenvalue weighted by atomic mass is 32.2. The standard InChI is InChI=1S/C21H22N4O5S2/c1-24-9-11-25(12-10-24)32(28,29)16-6-4-5-15(13-16)20(27)30-14-19(26)23-21-22-17-7-2-3-8-18(17)31-21/h2-8,13H,9-12,14H2,1H3,(H,22,23,26). The molecule has 3 aromatic rings. The van der Waals surface area contributed by atoms with E-state index >= 15 is 0 Å². The number of nitrogens with zero attached hydrogens (tertiary/aromatic N) is 3. The normalized spacial score (nSPS) is 15.5. The Bertz CT molecular complexity index is 1220. The number of aromatic nitrogens is 1. The van der Waals surface area contributed by atoms with Crippen LogP contribution in [-0.4, -0.2) is 74.3 Å². The SMILES string of the molecule is CN1CCN(S(=O)(=O)c2cccc(C(=O)OCC(=O)Nc3nc4ccccc4s3)c2)CC1. The lowest BCUT2D eigenvalue weighted by atomic mass is 10.2. The third kappa shape index (κ3) is 4.96. The Balaban J connectivity index is 1.37. The van der Waals surface area contributed by atoms with Crippen molar-refractivity contribution in [1.82, 2.24) is 14.2 Å². The largest absolute Gasteiger partial charge is 0.452 e. The number of sulfonamides is 1. The van der Waals surface area contributed by atoms with E-state index in [0.29, 0.717) is 31.3 Å². The molecule has 2 heterocycles. The van der Waals surface area contributed by atoms with Crippen molar-refractivity contribution < 1.29 is 22.7 Å². The van der Waals surface area contributed by atoms with Gasteiger partial charge < -0.3 is 9.64 Å². The Hall–Kier alpha value is -2.86. The molecule has 2 aromatic carbocycles. The Kier molecular flexibility index (Phi) is 6.51. The molecule has 0 unspecified atom stereocenters. The van der Waals surface area contributed by atoms with E-state index in [4.69, 9.17) is 4.74 Å². The van der Waals surface area contributed by atoms with Crippen molar-refractivity contribution in [3.05, 3.63) is 54.1 Å². The molecule has 1 N–H and O–H groups in total. The lowest BCUT2D eigenvalue weighted by molar-refractivity contribution is -0.119. The summed E-state index contributed by atoms with van der Waals surface area (Å²) in [5, 5.41) is 3.01. The fourth-order valence-corrected chi connectivity index (χ4v) is 5.61. The first-order valence-corrected chi connectivity index (χ1v) is 12.2. The molecule has 1 saturated heterocycles. The summed E-state index contributed by atoms with van der Waals surface area (Å²) in [4.78, 5) is 30.9. The van der Waals surface area contributed by atoms with Crippen LogP contribution >= 0.6 is 11.3 Å². The highest BCUT2D eigenvalue weighted by Gasteiger charge is 2.28. The van der Waals surface area contributed by atoms with E-state index in [-0.39, 0.29) is 10.5 Å². The monoisotopic (exact) mass is 474 g/mol. The summed E-state index contributed by atoms with van der Waals surface area (Å²) in [6, 6.07) is 13.1. The molecular formula is C21H22N4O5S2. The van der Waals surface area contributed by atoms with Crippen molar-refractivity contribution in [3.63, 3.8) is 0 Å². The van der Waals surface area contributed by atoms with Crippen LogP contribution in [0.15, 0.2) is 53.4 Å². The minimum atomic E-state index is -3.71. The number of ether oxygens (including phenoxy) is 1. The van der Waals surface area contributed by atoms with E-state index in [0.717, 1.165) is 10.2 Å². The Morgan fingerprint density at radius 2 is 1.84 bits per heavy atom. The van der Waals surface area contributed by atoms with Crippen LogP contribution in [0.4, 0.5) is 5.13 Å². The van der Waals surface area contributed by atoms with Crippen LogP contribution < -0.4 is 5.32 Å². The fourth-order valence-electron chi connectivity index (χ4n) is 3.26. The number of likely N-dealkylation sites (N-methyl/N-ethyl adjacent to an activating group) is 1. The van der Waals surface area contributed by atoms with Crippen LogP contribution in [0.25, 0.3) is 10.2 Å². The van der Waals surface area contributed by atoms with Gasteiger partial charge in [0.1, 0.15) is 0 Å². The maximum atomic E-state index is 12.9. The first-order valence-electron chi connectivity index (χ1n) is 9.94. The molecule has 32 heavy (non-hydrogen) atoms. The van der Waals surface area contributed by atoms with Gasteiger partial charge in [0.15, 0.2) is 11.7 Å². The van der Waals surface area contributed by atoms with E-state index in [1.165, 1.54) is 39.9 Å². The second-order valence-corrected chi connectivity index (χ2v) is 10.3. The van der Waals surface area contributed by atoms with Gasteiger partial charge in [0.25, 0.3) is 5.91 Å². The van der Waals surface area contributed by atoms with Crippen molar-refractivity contribution in [2.75, 3.05) is 45.2 Å². The van der Waals surface area contributed by atoms with Crippen molar-refractivity contribution in [1.29, 1.82) is 0 Å². The number of benzene rings is 2. The minimum Gasteiger partial charge on any atom is -0.452 e. The van der Waals surface area contributed by atoms with Crippen LogP contribution in [0.1, 0.15) is 10.4 Å². The molecule has 4 rings (SSSR count). The first kappa shape index (κ1) is 22.3. The molecule has 1 aliphatic heterocycles. The number of hydrogen-bond acceptors (Lipinski definition) is 8. The minimum absolute atomic E-state index is 0.0235. The van der Waals surface area contributed by atoms with Gasteiger partial charge in [-0.25, -0.2) is 18.2 Å². The van der Waals surface area contributed by atoms with Gasteiger partial charge in [0, 0.05) is 26.2 Å². The van der Waals surface area contributed by atoms with Gasteiger partial charge in [0.05, 0.1) is 20.7 Å². The molecule has 0 radical (unpaired) electrons. The van der Waals surface area contributed by atoms with Crippen LogP contribution in [0, 0.1) is 0 Å². The quantitative estimate of drug-likeness (QED) is 0.545. The zero-order chi connectivity index (χ0) is 22.7. The smallest absolute Gasteiger partial charge is 0.338 e. The number of nitrogens with one attached hydrogen (secondary N) is 1. The zero-order valence-electron chi connectivity index (χ0n) is 17.4. The second-order valence-electron chi connectivity index (χ2n) is 7.35. The summed E-state index contributed by atoms with van der Waals surface area (Å²) in [5.74, 6) is -1.31. The van der Waals surface area contributed by atoms with E-state index < -0.39 is 28.5 Å². The molecular weight excluding hydrogens is 452 g/mol. The highest BCUT2D eigenvalue weighted by molar-refractivity contribution is 7.89. The lowest BCUT2D eigenvalue weighted by Crippen LogP contribution is -2.47. The van der Waals surface area contributed by atoms with Crippen molar-refractivity contribution in [3.8, 4) is 0 Å². The Morgan fingerprint density at radius 3 is 2.59 bits per heavy atom. The van der Waals surface area contributed by atoms with Gasteiger partial charge >= 0.3 is 5.97 Å². The summed E-state index contributed by atoms with van der Waals surface area (Å²) in [7, 11) is -1.78. The summed E-state index contributed by atoms with van der Waals surface area (Å²) in [5.41, 5.74) is 0.830. The molecule has 1 amide bonds. The van der Waals surface area contributed by atoms with Crippen molar-refractivity contribution in [2.24, 2.45) is 0 Å². The molecule has 0 aliphatic carbocycles. The molecule has 0 bridgehead atoms. The molecule has 1 aliphatic rings. The predicted molar refractivity (Wildman–Crippen MR) is 121 cm³/mol. The average Bonchev–Trinajstić information content (AvgIpc) is 3.20. The number of fused-ring (bicyclic) bond motifs is 1. The number of hydrogen-bond donors (Lipinski definition) is 1. The number of para-hydroxylation sites is 1. The zero-order valence-corrected chi connectivity index (χ0v) is 19.0. The fraction of sp³-hybridized carbons (Fsp3) is 0.286. The maximum absolute atomic E-state index is 12.9. The molecule has 11 heteroatoms. The summed E-state index contributed by atoms with van der Waals surface area (Å²) >= 11 is 1.32. The third-order valence-corrected chi connectivity index (χ3v) is 7.89. The summed E-state index contributed by atoms with van der Waals surface area (Å²) in [6.45, 7) is 1.55. The molecule has 9 nitrogen and oxygen atoms in total. The van der Waals surface area contributed by atoms with E-state index in [1.807, 2.05) is 31.3 Å². The lowest BCUT2D eigenvalue weighted by Gasteiger charge is -2.31. The number of carbonyl (C=O) groups excluding carboxylic acids is 2. The molecule has 1 fully saturated rings. The van der Waals surface area contributed by atoms with E-state index in [2.05, 4.69) is 15.2 Å². The van der Waals surface area contributed by atoms with Crippen LogP contribution in [-0.2, 0) is 19.6 Å². The van der Waals surface area contributed by atoms with Gasteiger partial charge in [-0.1, -0.05) is 29.5 Å². The first-order chi connectivity index (χ1) is 15.3. The summed E-state index contributed by atoms with van der Waals surface area (Å²) in [6.07, 6.45) is 0. The maximum Gasteiger partial charge on any atom is 0.338 e. The molecule has 168 valence electrons. The number of anilines is 1. The predicted octanol–water partition coefficient (Wildman–Crippen LogP) is 2.03. The van der Waals surface area contributed by atoms with Gasteiger partial charge in [-0.2, -0.15) is 4.31 Å². The molecule has 0 spiro atoms. The number of amides is 1. The third-order valence-electron chi connectivity index (χ3n) is 5.04. The highest BCUT2D eigenvalue weighted by Crippen LogP contribution is 2.25. The van der Waals surface area contributed by atoms with Crippen LogP contribution in [0.2, 0.25) is 0 Å². The topological polar surface area (TPSA) is 109 Å². The Labute approximate surface area is 189 Å². The van der Waals surface area contributed by atoms with E-state index in [9.17, 15) is 18.0 Å². The molecule has 1 aromatic heterocycles. The molecule has 0 saturated carbocycles. The van der Waals surface area contributed by atoms with Gasteiger partial charge in [-0.3, -0.25) is 10.1 Å². The van der Waals surface area contributed by atoms with E-state index in [1.54, 1.807) is 0 Å².